The predicted octanol–water partition coefficient (Wildman–Crippen LogP) is 7.17. The molecule has 0 spiro atoms. The molecule has 4 aliphatic heterocycles. The first-order valence-corrected chi connectivity index (χ1v) is 22.9. The highest BCUT2D eigenvalue weighted by molar-refractivity contribution is 9.10. The topological polar surface area (TPSA) is 179 Å². The molecule has 64 heavy (non-hydrogen) atoms. The van der Waals surface area contributed by atoms with Gasteiger partial charge in [-0.15, -0.1) is 0 Å². The molecule has 4 fully saturated rings. The molecular formula is C46H50BBrF2N10O4. The largest absolute Gasteiger partial charge is 0.488 e. The van der Waals surface area contributed by atoms with Crippen molar-refractivity contribution in [2.75, 3.05) is 62.2 Å². The summed E-state index contributed by atoms with van der Waals surface area (Å²) in [6, 6.07) is 17.8. The predicted molar refractivity (Wildman–Crippen MR) is 244 cm³/mol. The normalized spacial score (nSPS) is 17.9. The zero-order valence-electron chi connectivity index (χ0n) is 35.6. The monoisotopic (exact) mass is 934 g/mol. The van der Waals surface area contributed by atoms with Gasteiger partial charge in [0.25, 0.3) is 12.0 Å². The maximum Gasteiger partial charge on any atom is 0.488 e. The van der Waals surface area contributed by atoms with Crippen LogP contribution in [0.25, 0.3) is 33.6 Å². The Kier molecular flexibility index (Phi) is 14.8. The molecule has 2 N–H and O–H groups in total. The van der Waals surface area contributed by atoms with Crippen LogP contribution in [-0.2, 0) is 0 Å². The minimum Gasteiger partial charge on any atom is -0.423 e. The number of benzene rings is 2. The van der Waals surface area contributed by atoms with E-state index in [4.69, 9.17) is 29.4 Å². The van der Waals surface area contributed by atoms with Gasteiger partial charge in [-0.2, -0.15) is 20.5 Å². The van der Waals surface area contributed by atoms with E-state index in [1.54, 1.807) is 24.5 Å². The van der Waals surface area contributed by atoms with Gasteiger partial charge in [0.2, 0.25) is 11.3 Å². The van der Waals surface area contributed by atoms with Crippen LogP contribution in [0.15, 0.2) is 74.2 Å². The molecule has 0 amide bonds. The van der Waals surface area contributed by atoms with Crippen LogP contribution < -0.4 is 15.3 Å². The number of anilines is 2. The third kappa shape index (κ3) is 10.9. The van der Waals surface area contributed by atoms with Crippen molar-refractivity contribution < 1.29 is 27.7 Å². The Morgan fingerprint density at radius 2 is 1.09 bits per heavy atom. The minimum absolute atomic E-state index is 0.0161. The van der Waals surface area contributed by atoms with E-state index in [1.165, 1.54) is 95.7 Å². The molecule has 18 heteroatoms. The van der Waals surface area contributed by atoms with Crippen molar-refractivity contribution in [3.05, 3.63) is 88.2 Å². The van der Waals surface area contributed by atoms with Gasteiger partial charge in [0.15, 0.2) is 11.2 Å². The van der Waals surface area contributed by atoms with Gasteiger partial charge < -0.3 is 38.5 Å². The molecule has 4 saturated heterocycles. The van der Waals surface area contributed by atoms with Crippen LogP contribution in [0.1, 0.15) is 75.3 Å². The van der Waals surface area contributed by atoms with Gasteiger partial charge in [-0.25, -0.2) is 18.7 Å². The summed E-state index contributed by atoms with van der Waals surface area (Å²) in [5, 5.41) is 34.8. The number of oxazole rings is 2. The molecule has 332 valence electrons. The molecule has 0 radical (unpaired) electrons. The van der Waals surface area contributed by atoms with E-state index in [1.807, 2.05) is 18.2 Å². The molecule has 4 aromatic heterocycles. The van der Waals surface area contributed by atoms with Crippen LogP contribution in [-0.4, -0.2) is 111 Å². The summed E-state index contributed by atoms with van der Waals surface area (Å²) in [7, 11) is -1.67. The molecule has 2 aromatic carbocycles. The Morgan fingerprint density at radius 1 is 0.609 bits per heavy atom. The zero-order chi connectivity index (χ0) is 44.6. The number of hydrogen-bond acceptors (Lipinski definition) is 14. The van der Waals surface area contributed by atoms with E-state index < -0.39 is 18.8 Å². The number of halogens is 3. The Balaban J connectivity index is 0.000000144. The van der Waals surface area contributed by atoms with Gasteiger partial charge in [-0.05, 0) is 135 Å². The van der Waals surface area contributed by atoms with Crippen LogP contribution in [0.3, 0.4) is 0 Å². The van der Waals surface area contributed by atoms with E-state index >= 15 is 0 Å². The van der Waals surface area contributed by atoms with Gasteiger partial charge in [0, 0.05) is 66.8 Å². The second kappa shape index (κ2) is 21.0. The molecule has 0 bridgehead atoms. The number of piperidine rings is 4. The molecule has 10 rings (SSSR count). The van der Waals surface area contributed by atoms with Gasteiger partial charge in [0.1, 0.15) is 23.8 Å². The van der Waals surface area contributed by atoms with Gasteiger partial charge in [-0.3, -0.25) is 0 Å². The second-order valence-corrected chi connectivity index (χ2v) is 17.6. The fraction of sp³-hybridized carbons (Fsp3) is 0.435. The lowest BCUT2D eigenvalue weighted by molar-refractivity contribution is 0.140. The number of likely N-dealkylation sites (tertiary alicyclic amines) is 2. The summed E-state index contributed by atoms with van der Waals surface area (Å²) in [6.45, 7) is 8.95. The molecule has 6 aromatic rings. The van der Waals surface area contributed by atoms with E-state index in [9.17, 15) is 8.78 Å². The van der Waals surface area contributed by atoms with Gasteiger partial charge in [0.05, 0.1) is 11.1 Å². The highest BCUT2D eigenvalue weighted by Crippen LogP contribution is 2.31. The van der Waals surface area contributed by atoms with Crippen LogP contribution in [0, 0.1) is 34.3 Å². The number of fused-ring (bicyclic) bond motifs is 2. The second-order valence-electron chi connectivity index (χ2n) is 16.7. The third-order valence-electron chi connectivity index (χ3n) is 12.6. The summed E-state index contributed by atoms with van der Waals surface area (Å²) >= 11 is 3.42. The van der Waals surface area contributed by atoms with Crippen molar-refractivity contribution in [2.24, 2.45) is 0 Å². The lowest BCUT2D eigenvalue weighted by atomic mass is 9.80. The van der Waals surface area contributed by atoms with E-state index in [0.29, 0.717) is 28.9 Å². The van der Waals surface area contributed by atoms with Crippen molar-refractivity contribution in [3.63, 3.8) is 0 Å². The highest BCUT2D eigenvalue weighted by atomic mass is 79.9. The van der Waals surface area contributed by atoms with E-state index in [-0.39, 0.29) is 16.6 Å². The van der Waals surface area contributed by atoms with Gasteiger partial charge in [-0.1, -0.05) is 25.0 Å². The maximum absolute atomic E-state index is 13.6. The van der Waals surface area contributed by atoms with Crippen LogP contribution in [0.5, 0.6) is 0 Å². The first-order valence-electron chi connectivity index (χ1n) is 22.1. The Bertz CT molecular complexity index is 2610. The Morgan fingerprint density at radius 3 is 1.61 bits per heavy atom. The SMILES string of the molecule is Brc1cnc2nc(N3CCC(N4CCCCC4)CC3)oc2c1.N#Cc1cc(-c2cnc3nc(N4CCC(N5CCCCC5)CC4)oc3c2)ccc1F.N#Cc1cc(B(O)O)ccc1F. The van der Waals surface area contributed by atoms with Crippen molar-refractivity contribution in [2.45, 2.75) is 76.3 Å². The Labute approximate surface area is 379 Å². The van der Waals surface area contributed by atoms with Crippen molar-refractivity contribution >= 4 is 63.0 Å². The first-order chi connectivity index (χ1) is 31.1. The molecule has 0 atom stereocenters. The summed E-state index contributed by atoms with van der Waals surface area (Å²) in [4.78, 5) is 27.6. The summed E-state index contributed by atoms with van der Waals surface area (Å²) in [5.74, 6) is -1.19. The number of nitriles is 2. The molecule has 4 aliphatic rings. The van der Waals surface area contributed by atoms with E-state index in [0.717, 1.165) is 84.4 Å². The van der Waals surface area contributed by atoms with Crippen LogP contribution in [0.4, 0.5) is 20.8 Å². The summed E-state index contributed by atoms with van der Waals surface area (Å²) in [5.41, 5.74) is 4.03. The smallest absolute Gasteiger partial charge is 0.423 e. The average Bonchev–Trinajstić information content (AvgIpc) is 3.97. The molecule has 0 aliphatic carbocycles. The molecule has 14 nitrogen and oxygen atoms in total. The summed E-state index contributed by atoms with van der Waals surface area (Å²) in [6.07, 6.45) is 16.3. The molecule has 0 saturated carbocycles. The van der Waals surface area contributed by atoms with Crippen molar-refractivity contribution in [1.82, 2.24) is 29.7 Å². The van der Waals surface area contributed by atoms with Gasteiger partial charge >= 0.3 is 7.12 Å². The molecule has 0 unspecified atom stereocenters. The van der Waals surface area contributed by atoms with Crippen molar-refractivity contribution in [1.29, 1.82) is 10.5 Å². The van der Waals surface area contributed by atoms with E-state index in [2.05, 4.69) is 55.5 Å². The first kappa shape index (κ1) is 45.1. The summed E-state index contributed by atoms with van der Waals surface area (Å²) < 4.78 is 39.1. The number of hydrogen-bond donors (Lipinski definition) is 2. The number of aromatic nitrogens is 4. The third-order valence-corrected chi connectivity index (χ3v) is 13.0. The van der Waals surface area contributed by atoms with Crippen LogP contribution >= 0.6 is 15.9 Å². The number of nitrogens with zero attached hydrogens (tertiary/aromatic N) is 10. The maximum atomic E-state index is 13.6. The van der Waals surface area contributed by atoms with Crippen LogP contribution in [0.2, 0.25) is 0 Å². The lowest BCUT2D eigenvalue weighted by Gasteiger charge is -2.39. The van der Waals surface area contributed by atoms with Crippen molar-refractivity contribution in [3.8, 4) is 23.3 Å². The molecule has 8 heterocycles. The standard InChI is InChI=1S/C23H24FN5O.C16H21BrN4O.C7H5BFNO2/c24-20-5-4-16(12-17(20)14-25)18-13-21-22(26-15-18)27-23(30-21)29-10-6-19(7-11-29)28-8-2-1-3-9-28;17-12-10-14-15(18-11-12)19-16(22-14)21-8-4-13(5-9-21)20-6-2-1-3-7-20;9-7-2-1-6(8(11)12)3-5(7)4-10/h4-5,12-13,15,19H,1-3,6-11H2;10-11,13H,1-9H2;1-3,11-12H. The quantitative estimate of drug-likeness (QED) is 0.161. The number of rotatable bonds is 6. The minimum atomic E-state index is -1.67. The Hall–Kier alpha value is -5.50. The fourth-order valence-corrected chi connectivity index (χ4v) is 9.32. The average molecular weight is 936 g/mol. The number of pyridine rings is 2. The molecular weight excluding hydrogens is 885 g/mol. The fourth-order valence-electron chi connectivity index (χ4n) is 9.01. The zero-order valence-corrected chi connectivity index (χ0v) is 37.1. The highest BCUT2D eigenvalue weighted by Gasteiger charge is 2.29. The lowest BCUT2D eigenvalue weighted by Crippen LogP contribution is -2.46.